The average molecular weight is 501 g/mol. The van der Waals surface area contributed by atoms with Crippen LogP contribution in [0.15, 0.2) is 72.8 Å². The number of carbonyl (C=O) groups is 1. The van der Waals surface area contributed by atoms with Crippen molar-refractivity contribution in [3.63, 3.8) is 0 Å². The van der Waals surface area contributed by atoms with Gasteiger partial charge in [-0.15, -0.1) is 0 Å². The Balaban J connectivity index is 1.50. The van der Waals surface area contributed by atoms with E-state index in [4.69, 9.17) is 0 Å². The predicted octanol–water partition coefficient (Wildman–Crippen LogP) is 6.49. The van der Waals surface area contributed by atoms with Gasteiger partial charge in [-0.05, 0) is 60.2 Å². The van der Waals surface area contributed by atoms with Gasteiger partial charge in [-0.1, -0.05) is 86.5 Å². The fourth-order valence-corrected chi connectivity index (χ4v) is 5.34. The highest BCUT2D eigenvalue weighted by Crippen LogP contribution is 2.26. The van der Waals surface area contributed by atoms with Gasteiger partial charge in [0.15, 0.2) is 0 Å². The standard InChI is InChI=1S/C30H32N2O3S/c1-3-4-8-19-36(34,35)32-30(33)26-17-18-29-28(21-26)27(22(2)31-29)20-25-15-13-24(14-16-25)12-11-23-9-6-5-7-10-23/h5-7,9-18,21,31H,3-4,8,19-20H2,1-2H3,(H,32,33)/b12-11+. The van der Waals surface area contributed by atoms with E-state index in [9.17, 15) is 13.2 Å². The number of nitrogens with one attached hydrogen (secondary N) is 2. The molecule has 36 heavy (non-hydrogen) atoms. The number of hydrogen-bond donors (Lipinski definition) is 2. The third kappa shape index (κ3) is 6.52. The van der Waals surface area contributed by atoms with Crippen LogP contribution in [0.25, 0.3) is 23.1 Å². The summed E-state index contributed by atoms with van der Waals surface area (Å²) in [6.45, 7) is 4.03. The lowest BCUT2D eigenvalue weighted by atomic mass is 9.99. The number of sulfonamides is 1. The van der Waals surface area contributed by atoms with Crippen LogP contribution in [0, 0.1) is 6.92 Å². The Morgan fingerprint density at radius 1 is 0.917 bits per heavy atom. The summed E-state index contributed by atoms with van der Waals surface area (Å²) in [5.74, 6) is -0.632. The number of aryl methyl sites for hydroxylation is 1. The van der Waals surface area contributed by atoms with Crippen molar-refractivity contribution in [2.45, 2.75) is 39.5 Å². The van der Waals surface area contributed by atoms with E-state index in [1.807, 2.05) is 38.1 Å². The first-order chi connectivity index (χ1) is 17.3. The van der Waals surface area contributed by atoms with Crippen molar-refractivity contribution >= 4 is 39.0 Å². The first-order valence-electron chi connectivity index (χ1n) is 12.3. The molecule has 0 unspecified atom stereocenters. The van der Waals surface area contributed by atoms with Crippen molar-refractivity contribution in [1.29, 1.82) is 0 Å². The van der Waals surface area contributed by atoms with Gasteiger partial charge in [-0.3, -0.25) is 4.79 Å². The van der Waals surface area contributed by atoms with Crippen LogP contribution in [0.3, 0.4) is 0 Å². The van der Waals surface area contributed by atoms with E-state index < -0.39 is 15.9 Å². The molecule has 5 nitrogen and oxygen atoms in total. The SMILES string of the molecule is CCCCCS(=O)(=O)NC(=O)c1ccc2[nH]c(C)c(Cc3ccc(/C=C/c4ccccc4)cc3)c2c1. The van der Waals surface area contributed by atoms with Crippen molar-refractivity contribution in [2.24, 2.45) is 0 Å². The normalized spacial score (nSPS) is 11.8. The van der Waals surface area contributed by atoms with E-state index in [1.165, 1.54) is 0 Å². The van der Waals surface area contributed by atoms with Crippen LogP contribution in [0.2, 0.25) is 0 Å². The van der Waals surface area contributed by atoms with Crippen LogP contribution in [-0.4, -0.2) is 25.1 Å². The number of H-pyrrole nitrogens is 1. The second-order valence-electron chi connectivity index (χ2n) is 9.11. The Labute approximate surface area is 213 Å². The molecule has 3 aromatic carbocycles. The van der Waals surface area contributed by atoms with Gasteiger partial charge < -0.3 is 4.98 Å². The molecule has 0 bridgehead atoms. The third-order valence-corrected chi connectivity index (χ3v) is 7.60. The first-order valence-corrected chi connectivity index (χ1v) is 14.0. The van der Waals surface area contributed by atoms with Crippen LogP contribution >= 0.6 is 0 Å². The molecule has 0 saturated heterocycles. The topological polar surface area (TPSA) is 79.0 Å². The summed E-state index contributed by atoms with van der Waals surface area (Å²) in [5.41, 5.74) is 6.82. The summed E-state index contributed by atoms with van der Waals surface area (Å²) in [7, 11) is -3.65. The highest BCUT2D eigenvalue weighted by molar-refractivity contribution is 7.90. The third-order valence-electron chi connectivity index (χ3n) is 6.27. The molecule has 1 amide bonds. The second kappa shape index (κ2) is 11.4. The number of aromatic amines is 1. The fraction of sp³-hybridized carbons (Fsp3) is 0.233. The Morgan fingerprint density at radius 2 is 1.61 bits per heavy atom. The summed E-state index contributed by atoms with van der Waals surface area (Å²) in [5, 5.41) is 0.927. The second-order valence-corrected chi connectivity index (χ2v) is 11.0. The van der Waals surface area contributed by atoms with Gasteiger partial charge >= 0.3 is 0 Å². The van der Waals surface area contributed by atoms with Crippen molar-refractivity contribution in [3.05, 3.63) is 106 Å². The number of fused-ring (bicyclic) bond motifs is 1. The summed E-state index contributed by atoms with van der Waals surface area (Å²) in [6, 6.07) is 23.9. The number of rotatable bonds is 10. The van der Waals surface area contributed by atoms with E-state index in [0.717, 1.165) is 51.7 Å². The molecule has 0 atom stereocenters. The molecular formula is C30H32N2O3S. The zero-order chi connectivity index (χ0) is 25.5. The van der Waals surface area contributed by atoms with Crippen LogP contribution in [0.5, 0.6) is 0 Å². The number of unbranched alkanes of at least 4 members (excludes halogenated alkanes) is 2. The fourth-order valence-electron chi connectivity index (χ4n) is 4.25. The molecule has 4 aromatic rings. The van der Waals surface area contributed by atoms with Crippen LogP contribution in [0.4, 0.5) is 0 Å². The minimum absolute atomic E-state index is 0.0418. The molecule has 1 aromatic heterocycles. The van der Waals surface area contributed by atoms with Crippen LogP contribution < -0.4 is 4.72 Å². The van der Waals surface area contributed by atoms with E-state index in [1.54, 1.807) is 12.1 Å². The van der Waals surface area contributed by atoms with Crippen molar-refractivity contribution in [3.8, 4) is 0 Å². The van der Waals surface area contributed by atoms with E-state index in [0.29, 0.717) is 18.4 Å². The number of aromatic nitrogens is 1. The number of benzene rings is 3. The first kappa shape index (κ1) is 25.5. The van der Waals surface area contributed by atoms with Gasteiger partial charge in [0.05, 0.1) is 5.75 Å². The van der Waals surface area contributed by atoms with Crippen molar-refractivity contribution in [1.82, 2.24) is 9.71 Å². The minimum Gasteiger partial charge on any atom is -0.358 e. The molecule has 2 N–H and O–H groups in total. The quantitative estimate of drug-likeness (QED) is 0.193. The maximum absolute atomic E-state index is 12.7. The molecule has 6 heteroatoms. The average Bonchev–Trinajstić information content (AvgIpc) is 3.18. The molecule has 0 spiro atoms. The maximum Gasteiger partial charge on any atom is 0.264 e. The lowest BCUT2D eigenvalue weighted by Gasteiger charge is -2.08. The van der Waals surface area contributed by atoms with Gasteiger partial charge in [-0.25, -0.2) is 13.1 Å². The molecule has 4 rings (SSSR count). The molecule has 1 heterocycles. The van der Waals surface area contributed by atoms with Gasteiger partial charge in [0.1, 0.15) is 0 Å². The van der Waals surface area contributed by atoms with Gasteiger partial charge in [0.2, 0.25) is 10.0 Å². The Morgan fingerprint density at radius 3 is 2.31 bits per heavy atom. The van der Waals surface area contributed by atoms with Gasteiger partial charge in [-0.2, -0.15) is 0 Å². The monoisotopic (exact) mass is 500 g/mol. The molecule has 0 aliphatic heterocycles. The predicted molar refractivity (Wildman–Crippen MR) is 148 cm³/mol. The van der Waals surface area contributed by atoms with Crippen LogP contribution in [0.1, 0.15) is 64.5 Å². The summed E-state index contributed by atoms with van der Waals surface area (Å²) >= 11 is 0. The maximum atomic E-state index is 12.7. The molecular weight excluding hydrogens is 468 g/mol. The zero-order valence-electron chi connectivity index (χ0n) is 20.8. The van der Waals surface area contributed by atoms with E-state index in [2.05, 4.69) is 58.3 Å². The van der Waals surface area contributed by atoms with E-state index in [-0.39, 0.29) is 5.75 Å². The molecule has 0 aliphatic carbocycles. The molecule has 186 valence electrons. The smallest absolute Gasteiger partial charge is 0.264 e. The lowest BCUT2D eigenvalue weighted by Crippen LogP contribution is -2.32. The summed E-state index contributed by atoms with van der Waals surface area (Å²) in [4.78, 5) is 16.1. The molecule has 0 saturated carbocycles. The minimum atomic E-state index is -3.65. The number of carbonyl (C=O) groups excluding carboxylic acids is 1. The summed E-state index contributed by atoms with van der Waals surface area (Å²) < 4.78 is 26.8. The Kier molecular flexibility index (Phi) is 8.06. The van der Waals surface area contributed by atoms with Crippen molar-refractivity contribution < 1.29 is 13.2 Å². The Bertz CT molecular complexity index is 1470. The van der Waals surface area contributed by atoms with Gasteiger partial charge in [0.25, 0.3) is 5.91 Å². The van der Waals surface area contributed by atoms with E-state index >= 15 is 0 Å². The number of amides is 1. The molecule has 0 radical (unpaired) electrons. The lowest BCUT2D eigenvalue weighted by molar-refractivity contribution is 0.0981. The summed E-state index contributed by atoms with van der Waals surface area (Å²) in [6.07, 6.45) is 7.17. The van der Waals surface area contributed by atoms with Gasteiger partial charge in [0, 0.05) is 22.2 Å². The molecule has 0 aliphatic rings. The van der Waals surface area contributed by atoms with Crippen molar-refractivity contribution in [2.75, 3.05) is 5.75 Å². The number of hydrogen-bond acceptors (Lipinski definition) is 3. The Hall–Kier alpha value is -3.64. The highest BCUT2D eigenvalue weighted by Gasteiger charge is 2.17. The largest absolute Gasteiger partial charge is 0.358 e. The highest BCUT2D eigenvalue weighted by atomic mass is 32.2. The zero-order valence-corrected chi connectivity index (χ0v) is 21.6. The molecule has 0 fully saturated rings. The van der Waals surface area contributed by atoms with Crippen LogP contribution in [-0.2, 0) is 16.4 Å².